The second-order valence-corrected chi connectivity index (χ2v) is 7.68. The van der Waals surface area contributed by atoms with Gasteiger partial charge in [-0.3, -0.25) is 14.8 Å². The molecule has 2 aromatic heterocycles. The summed E-state index contributed by atoms with van der Waals surface area (Å²) in [5.74, 6) is 1.63. The third-order valence-corrected chi connectivity index (χ3v) is 5.11. The molecule has 0 bridgehead atoms. The highest BCUT2D eigenvalue weighted by Crippen LogP contribution is 2.29. The number of benzene rings is 2. The highest BCUT2D eigenvalue weighted by atomic mass is 16.5. The first-order chi connectivity index (χ1) is 17.2. The minimum Gasteiger partial charge on any atom is -0.490 e. The molecule has 4 rings (SSSR count). The van der Waals surface area contributed by atoms with Gasteiger partial charge in [0.2, 0.25) is 0 Å². The highest BCUT2D eigenvalue weighted by molar-refractivity contribution is 5.94. The van der Waals surface area contributed by atoms with Gasteiger partial charge in [0.25, 0.3) is 5.91 Å². The lowest BCUT2D eigenvalue weighted by atomic mass is 10.1. The zero-order chi connectivity index (χ0) is 24.3. The Morgan fingerprint density at radius 3 is 2.49 bits per heavy atom. The van der Waals surface area contributed by atoms with Crippen LogP contribution >= 0.6 is 0 Å². The monoisotopic (exact) mass is 469 g/mol. The summed E-state index contributed by atoms with van der Waals surface area (Å²) in [4.78, 5) is 21.1. The second kappa shape index (κ2) is 12.2. The second-order valence-electron chi connectivity index (χ2n) is 7.68. The first-order valence-electron chi connectivity index (χ1n) is 11.4. The fourth-order valence-electron chi connectivity index (χ4n) is 3.35. The Morgan fingerprint density at radius 1 is 0.800 bits per heavy atom. The van der Waals surface area contributed by atoms with Gasteiger partial charge in [0.15, 0.2) is 11.5 Å². The van der Waals surface area contributed by atoms with Crippen LogP contribution in [0.4, 0.5) is 0 Å². The number of ether oxygens (including phenoxy) is 3. The maximum Gasteiger partial charge on any atom is 0.251 e. The van der Waals surface area contributed by atoms with Crippen molar-refractivity contribution in [2.75, 3.05) is 6.61 Å². The molecule has 0 aliphatic heterocycles. The van der Waals surface area contributed by atoms with Gasteiger partial charge in [-0.05, 0) is 72.6 Å². The Bertz CT molecular complexity index is 1230. The fraction of sp³-hybridized carbons (Fsp3) is 0.179. The van der Waals surface area contributed by atoms with Crippen molar-refractivity contribution in [2.24, 2.45) is 0 Å². The van der Waals surface area contributed by atoms with Gasteiger partial charge < -0.3 is 19.5 Å². The SMILES string of the molecule is CCOc1cc(C(=O)NCc2cccc(OCc3ccccn3)c2)ccc1OCc1ccncc1. The molecule has 1 amide bonds. The van der Waals surface area contributed by atoms with Crippen LogP contribution in [-0.4, -0.2) is 22.5 Å². The predicted octanol–water partition coefficient (Wildman–Crippen LogP) is 4.96. The van der Waals surface area contributed by atoms with Gasteiger partial charge in [0.05, 0.1) is 12.3 Å². The summed E-state index contributed by atoms with van der Waals surface area (Å²) in [5, 5.41) is 2.95. The van der Waals surface area contributed by atoms with Gasteiger partial charge >= 0.3 is 0 Å². The molecule has 4 aromatic rings. The van der Waals surface area contributed by atoms with E-state index >= 15 is 0 Å². The molecule has 2 aromatic carbocycles. The Kier molecular flexibility index (Phi) is 8.27. The van der Waals surface area contributed by atoms with E-state index in [1.54, 1.807) is 36.8 Å². The molecular formula is C28H27N3O4. The van der Waals surface area contributed by atoms with Gasteiger partial charge in [-0.1, -0.05) is 18.2 Å². The predicted molar refractivity (Wildman–Crippen MR) is 132 cm³/mol. The van der Waals surface area contributed by atoms with E-state index in [0.717, 1.165) is 22.6 Å². The Morgan fingerprint density at radius 2 is 1.69 bits per heavy atom. The van der Waals surface area contributed by atoms with Crippen molar-refractivity contribution < 1.29 is 19.0 Å². The Balaban J connectivity index is 1.35. The standard InChI is InChI=1S/C28H27N3O4/c1-2-33-27-17-23(9-10-26(27)35-19-21-11-14-29-15-12-21)28(32)31-18-22-6-5-8-25(16-22)34-20-24-7-3-4-13-30-24/h3-17H,2,18-20H2,1H3,(H,31,32). The summed E-state index contributed by atoms with van der Waals surface area (Å²) in [6.45, 7) is 3.48. The molecule has 0 spiro atoms. The van der Waals surface area contributed by atoms with E-state index < -0.39 is 0 Å². The van der Waals surface area contributed by atoms with Crippen LogP contribution in [0.1, 0.15) is 34.1 Å². The van der Waals surface area contributed by atoms with E-state index in [-0.39, 0.29) is 5.91 Å². The lowest BCUT2D eigenvalue weighted by Crippen LogP contribution is -2.22. The molecule has 7 heteroatoms. The highest BCUT2D eigenvalue weighted by Gasteiger charge is 2.12. The smallest absolute Gasteiger partial charge is 0.251 e. The lowest BCUT2D eigenvalue weighted by molar-refractivity contribution is 0.0950. The van der Waals surface area contributed by atoms with E-state index in [1.807, 2.05) is 61.5 Å². The minimum atomic E-state index is -0.202. The maximum absolute atomic E-state index is 12.8. The molecule has 178 valence electrons. The van der Waals surface area contributed by atoms with Crippen LogP contribution in [0, 0.1) is 0 Å². The Hall–Kier alpha value is -4.39. The molecule has 2 heterocycles. The normalized spacial score (nSPS) is 10.4. The number of carbonyl (C=O) groups excluding carboxylic acids is 1. The number of hydrogen-bond donors (Lipinski definition) is 1. The van der Waals surface area contributed by atoms with Gasteiger partial charge in [-0.2, -0.15) is 0 Å². The Labute approximate surface area is 204 Å². The van der Waals surface area contributed by atoms with E-state index in [1.165, 1.54) is 0 Å². The van der Waals surface area contributed by atoms with Crippen LogP contribution in [0.3, 0.4) is 0 Å². The number of nitrogens with one attached hydrogen (secondary N) is 1. The zero-order valence-corrected chi connectivity index (χ0v) is 19.5. The van der Waals surface area contributed by atoms with Crippen LogP contribution in [0.2, 0.25) is 0 Å². The first kappa shape index (κ1) is 23.8. The van der Waals surface area contributed by atoms with Crippen LogP contribution in [0.25, 0.3) is 0 Å². The molecule has 0 saturated heterocycles. The molecule has 7 nitrogen and oxygen atoms in total. The quantitative estimate of drug-likeness (QED) is 0.334. The molecule has 0 radical (unpaired) electrons. The average Bonchev–Trinajstić information content (AvgIpc) is 2.91. The van der Waals surface area contributed by atoms with E-state index in [4.69, 9.17) is 14.2 Å². The topological polar surface area (TPSA) is 82.6 Å². The van der Waals surface area contributed by atoms with E-state index in [0.29, 0.717) is 43.4 Å². The largest absolute Gasteiger partial charge is 0.490 e. The summed E-state index contributed by atoms with van der Waals surface area (Å²) >= 11 is 0. The fourth-order valence-corrected chi connectivity index (χ4v) is 3.35. The average molecular weight is 470 g/mol. The van der Waals surface area contributed by atoms with Gasteiger partial charge in [-0.25, -0.2) is 0 Å². The molecule has 0 fully saturated rings. The lowest BCUT2D eigenvalue weighted by Gasteiger charge is -2.14. The van der Waals surface area contributed by atoms with Crippen molar-refractivity contribution in [3.63, 3.8) is 0 Å². The molecule has 0 unspecified atom stereocenters. The summed E-state index contributed by atoms with van der Waals surface area (Å²) in [6, 6.07) is 22.3. The molecule has 0 aliphatic rings. The van der Waals surface area contributed by atoms with Gasteiger partial charge in [-0.15, -0.1) is 0 Å². The number of rotatable bonds is 11. The summed E-state index contributed by atoms with van der Waals surface area (Å²) < 4.78 is 17.4. The maximum atomic E-state index is 12.8. The number of pyridine rings is 2. The van der Waals surface area contributed by atoms with Crippen molar-refractivity contribution in [1.29, 1.82) is 0 Å². The third kappa shape index (κ3) is 7.04. The number of nitrogens with zero attached hydrogens (tertiary/aromatic N) is 2. The summed E-state index contributed by atoms with van der Waals surface area (Å²) in [7, 11) is 0. The number of hydrogen-bond acceptors (Lipinski definition) is 6. The van der Waals surface area contributed by atoms with Gasteiger partial charge in [0, 0.05) is 30.7 Å². The van der Waals surface area contributed by atoms with Crippen molar-refractivity contribution >= 4 is 5.91 Å². The van der Waals surface area contributed by atoms with Crippen LogP contribution in [-0.2, 0) is 19.8 Å². The molecule has 0 saturated carbocycles. The molecule has 0 aliphatic carbocycles. The van der Waals surface area contributed by atoms with E-state index in [2.05, 4.69) is 15.3 Å². The van der Waals surface area contributed by atoms with Crippen LogP contribution < -0.4 is 19.5 Å². The number of carbonyl (C=O) groups is 1. The molecular weight excluding hydrogens is 442 g/mol. The van der Waals surface area contributed by atoms with Crippen molar-refractivity contribution in [3.05, 3.63) is 114 Å². The van der Waals surface area contributed by atoms with Crippen LogP contribution in [0.15, 0.2) is 91.4 Å². The van der Waals surface area contributed by atoms with E-state index in [9.17, 15) is 4.79 Å². The first-order valence-corrected chi connectivity index (χ1v) is 11.4. The molecule has 0 atom stereocenters. The summed E-state index contributed by atoms with van der Waals surface area (Å²) in [5.41, 5.74) is 3.27. The number of amides is 1. The van der Waals surface area contributed by atoms with Crippen molar-refractivity contribution in [2.45, 2.75) is 26.7 Å². The third-order valence-electron chi connectivity index (χ3n) is 5.11. The number of aromatic nitrogens is 2. The van der Waals surface area contributed by atoms with Gasteiger partial charge in [0.1, 0.15) is 19.0 Å². The summed E-state index contributed by atoms with van der Waals surface area (Å²) in [6.07, 6.45) is 5.18. The molecule has 35 heavy (non-hydrogen) atoms. The minimum absolute atomic E-state index is 0.202. The van der Waals surface area contributed by atoms with Crippen molar-refractivity contribution in [1.82, 2.24) is 15.3 Å². The van der Waals surface area contributed by atoms with Crippen molar-refractivity contribution in [3.8, 4) is 17.2 Å². The molecule has 1 N–H and O–H groups in total. The van der Waals surface area contributed by atoms with Crippen LogP contribution in [0.5, 0.6) is 17.2 Å². The zero-order valence-electron chi connectivity index (χ0n) is 19.5.